The van der Waals surface area contributed by atoms with E-state index in [4.69, 9.17) is 9.84 Å². The van der Waals surface area contributed by atoms with Crippen molar-refractivity contribution in [3.63, 3.8) is 0 Å². The molecule has 174 valence electrons. The third-order valence-electron chi connectivity index (χ3n) is 6.86. The van der Waals surface area contributed by atoms with Crippen LogP contribution in [0.25, 0.3) is 0 Å². The maximum atomic E-state index is 14.9. The summed E-state index contributed by atoms with van der Waals surface area (Å²) < 4.78 is 20.8. The summed E-state index contributed by atoms with van der Waals surface area (Å²) in [5.74, 6) is -0.208. The molecule has 5 rings (SSSR count). The Labute approximate surface area is 192 Å². The van der Waals surface area contributed by atoms with Crippen LogP contribution in [0.2, 0.25) is 0 Å². The van der Waals surface area contributed by atoms with E-state index in [1.54, 1.807) is 17.0 Å². The van der Waals surface area contributed by atoms with Crippen molar-refractivity contribution in [2.75, 3.05) is 42.6 Å². The fraction of sp³-hybridized carbons (Fsp3) is 0.440. The maximum Gasteiger partial charge on any atom is 0.329 e. The van der Waals surface area contributed by atoms with Gasteiger partial charge in [0, 0.05) is 44.5 Å². The Bertz CT molecular complexity index is 1050. The Morgan fingerprint density at radius 1 is 1.09 bits per heavy atom. The Morgan fingerprint density at radius 3 is 2.58 bits per heavy atom. The van der Waals surface area contributed by atoms with Gasteiger partial charge in [-0.05, 0) is 48.6 Å². The van der Waals surface area contributed by atoms with Gasteiger partial charge in [-0.1, -0.05) is 18.6 Å². The number of carboxylic acid groups (broad SMARTS) is 1. The lowest BCUT2D eigenvalue weighted by Gasteiger charge is -2.36. The van der Waals surface area contributed by atoms with E-state index in [9.17, 15) is 14.0 Å². The first kappa shape index (κ1) is 21.7. The lowest BCUT2D eigenvalue weighted by molar-refractivity contribution is -0.147. The molecule has 7 nitrogen and oxygen atoms in total. The molecule has 3 aliphatic rings. The number of urea groups is 1. The molecule has 3 fully saturated rings. The van der Waals surface area contributed by atoms with Crippen molar-refractivity contribution in [1.82, 2.24) is 4.90 Å². The van der Waals surface area contributed by atoms with Crippen LogP contribution in [0, 0.1) is 17.7 Å². The number of hydrogen-bond donors (Lipinski definition) is 1. The van der Waals surface area contributed by atoms with Gasteiger partial charge in [0.05, 0.1) is 18.2 Å². The first-order valence-electron chi connectivity index (χ1n) is 11.5. The second-order valence-corrected chi connectivity index (χ2v) is 9.21. The quantitative estimate of drug-likeness (QED) is 0.655. The minimum atomic E-state index is -0.791. The van der Waals surface area contributed by atoms with E-state index in [1.807, 2.05) is 29.2 Å². The van der Waals surface area contributed by atoms with Gasteiger partial charge in [-0.2, -0.15) is 0 Å². The number of nitrogens with zero attached hydrogens (tertiary/aromatic N) is 3. The number of anilines is 2. The first-order valence-corrected chi connectivity index (χ1v) is 11.5. The number of rotatable bonds is 8. The summed E-state index contributed by atoms with van der Waals surface area (Å²) in [4.78, 5) is 29.1. The fourth-order valence-corrected chi connectivity index (χ4v) is 4.60. The standard InChI is InChI=1S/C25H28FN3O4/c26-22-11-18(13-27-14-19(15-27)24(30)31)7-8-23(22)29-10-9-28(25(29)32)20-5-2-6-21(12-20)33-16-17-3-1-4-17/h2,5-8,11-12,17,19H,1,3-4,9-10,13-16H2,(H,30,31). The number of ether oxygens (including phenoxy) is 1. The molecular formula is C25H28FN3O4. The van der Waals surface area contributed by atoms with Crippen molar-refractivity contribution in [1.29, 1.82) is 0 Å². The molecule has 2 heterocycles. The maximum absolute atomic E-state index is 14.9. The SMILES string of the molecule is O=C(O)C1CN(Cc2ccc(N3CCN(c4cccc(OCC5CCC5)c4)C3=O)c(F)c2)C1. The number of halogens is 1. The minimum Gasteiger partial charge on any atom is -0.493 e. The molecule has 0 atom stereocenters. The number of likely N-dealkylation sites (tertiary alicyclic amines) is 1. The number of hydrogen-bond acceptors (Lipinski definition) is 4. The molecular weight excluding hydrogens is 425 g/mol. The van der Waals surface area contributed by atoms with Gasteiger partial charge < -0.3 is 9.84 Å². The predicted octanol–water partition coefficient (Wildman–Crippen LogP) is 3.97. The number of carboxylic acids is 1. The summed E-state index contributed by atoms with van der Waals surface area (Å²) in [6.45, 7) is 3.01. The van der Waals surface area contributed by atoms with Crippen LogP contribution in [-0.4, -0.2) is 54.8 Å². The van der Waals surface area contributed by atoms with E-state index >= 15 is 0 Å². The number of amides is 2. The molecule has 0 radical (unpaired) electrons. The minimum absolute atomic E-state index is 0.259. The molecule has 0 unspecified atom stereocenters. The van der Waals surface area contributed by atoms with E-state index in [0.29, 0.717) is 45.2 Å². The van der Waals surface area contributed by atoms with Gasteiger partial charge in [-0.3, -0.25) is 19.5 Å². The van der Waals surface area contributed by atoms with E-state index in [0.717, 1.165) is 17.0 Å². The van der Waals surface area contributed by atoms with Crippen molar-refractivity contribution in [3.05, 3.63) is 53.8 Å². The highest BCUT2D eigenvalue weighted by molar-refractivity contribution is 6.06. The van der Waals surface area contributed by atoms with E-state index < -0.39 is 11.8 Å². The number of benzene rings is 2. The molecule has 2 saturated heterocycles. The molecule has 2 amide bonds. The van der Waals surface area contributed by atoms with Gasteiger partial charge in [0.15, 0.2) is 0 Å². The Morgan fingerprint density at radius 2 is 1.88 bits per heavy atom. The average molecular weight is 454 g/mol. The molecule has 1 saturated carbocycles. The lowest BCUT2D eigenvalue weighted by atomic mass is 9.86. The van der Waals surface area contributed by atoms with Crippen LogP contribution >= 0.6 is 0 Å². The highest BCUT2D eigenvalue weighted by Crippen LogP contribution is 2.31. The summed E-state index contributed by atoms with van der Waals surface area (Å²) >= 11 is 0. The number of aliphatic carboxylic acids is 1. The highest BCUT2D eigenvalue weighted by atomic mass is 19.1. The molecule has 2 aliphatic heterocycles. The zero-order valence-corrected chi connectivity index (χ0v) is 18.5. The molecule has 8 heteroatoms. The number of carbonyl (C=O) groups excluding carboxylic acids is 1. The van der Waals surface area contributed by atoms with Crippen molar-refractivity contribution >= 4 is 23.4 Å². The van der Waals surface area contributed by atoms with Gasteiger partial charge in [-0.15, -0.1) is 0 Å². The topological polar surface area (TPSA) is 73.3 Å². The van der Waals surface area contributed by atoms with Crippen LogP contribution in [0.5, 0.6) is 5.75 Å². The van der Waals surface area contributed by atoms with Gasteiger partial charge in [0.25, 0.3) is 0 Å². The molecule has 1 N–H and O–H groups in total. The molecule has 2 aromatic rings. The first-order chi connectivity index (χ1) is 16.0. The highest BCUT2D eigenvalue weighted by Gasteiger charge is 2.34. The Hall–Kier alpha value is -3.13. The molecule has 1 aliphatic carbocycles. The van der Waals surface area contributed by atoms with Crippen LogP contribution in [0.3, 0.4) is 0 Å². The third-order valence-corrected chi connectivity index (χ3v) is 6.86. The summed E-state index contributed by atoms with van der Waals surface area (Å²) in [5, 5.41) is 8.99. The van der Waals surface area contributed by atoms with E-state index in [1.165, 1.54) is 30.2 Å². The summed E-state index contributed by atoms with van der Waals surface area (Å²) in [7, 11) is 0. The normalized spacial score (nSPS) is 19.5. The molecule has 2 aromatic carbocycles. The van der Waals surface area contributed by atoms with Gasteiger partial charge in [0.1, 0.15) is 11.6 Å². The number of carbonyl (C=O) groups is 2. The molecule has 33 heavy (non-hydrogen) atoms. The molecule has 0 aromatic heterocycles. The van der Waals surface area contributed by atoms with Crippen molar-refractivity contribution in [3.8, 4) is 5.75 Å². The van der Waals surface area contributed by atoms with Gasteiger partial charge >= 0.3 is 12.0 Å². The predicted molar refractivity (Wildman–Crippen MR) is 122 cm³/mol. The molecule has 0 bridgehead atoms. The van der Waals surface area contributed by atoms with Crippen LogP contribution in [-0.2, 0) is 11.3 Å². The van der Waals surface area contributed by atoms with Crippen molar-refractivity contribution < 1.29 is 23.8 Å². The zero-order valence-electron chi connectivity index (χ0n) is 18.5. The van der Waals surface area contributed by atoms with Crippen LogP contribution in [0.1, 0.15) is 24.8 Å². The fourth-order valence-electron chi connectivity index (χ4n) is 4.60. The lowest BCUT2D eigenvalue weighted by Crippen LogP contribution is -2.49. The van der Waals surface area contributed by atoms with Crippen molar-refractivity contribution in [2.24, 2.45) is 11.8 Å². The molecule has 0 spiro atoms. The van der Waals surface area contributed by atoms with Gasteiger partial charge in [0.2, 0.25) is 0 Å². The smallest absolute Gasteiger partial charge is 0.329 e. The summed E-state index contributed by atoms with van der Waals surface area (Å²) in [5.41, 5.74) is 1.77. The Balaban J connectivity index is 1.22. The van der Waals surface area contributed by atoms with Crippen LogP contribution in [0.15, 0.2) is 42.5 Å². The Kier molecular flexibility index (Phi) is 5.93. The van der Waals surface area contributed by atoms with Crippen molar-refractivity contribution in [2.45, 2.75) is 25.8 Å². The average Bonchev–Trinajstić information content (AvgIpc) is 3.10. The largest absolute Gasteiger partial charge is 0.493 e. The summed E-state index contributed by atoms with van der Waals surface area (Å²) in [6.07, 6.45) is 3.70. The van der Waals surface area contributed by atoms with E-state index in [2.05, 4.69) is 0 Å². The summed E-state index contributed by atoms with van der Waals surface area (Å²) in [6, 6.07) is 12.1. The van der Waals surface area contributed by atoms with Crippen LogP contribution in [0.4, 0.5) is 20.6 Å². The third kappa shape index (κ3) is 4.53. The van der Waals surface area contributed by atoms with E-state index in [-0.39, 0.29) is 17.6 Å². The zero-order chi connectivity index (χ0) is 22.9. The second kappa shape index (κ2) is 9.02. The van der Waals surface area contributed by atoms with Crippen LogP contribution < -0.4 is 14.5 Å². The monoisotopic (exact) mass is 453 g/mol. The second-order valence-electron chi connectivity index (χ2n) is 9.21. The van der Waals surface area contributed by atoms with Gasteiger partial charge in [-0.25, -0.2) is 9.18 Å².